The van der Waals surface area contributed by atoms with Crippen molar-refractivity contribution in [3.8, 4) is 0 Å². The van der Waals surface area contributed by atoms with Gasteiger partial charge >= 0.3 is 0 Å². The number of nitrogens with two attached hydrogens (primary N) is 1. The number of aliphatic hydroxyl groups excluding tert-OH is 1. The van der Waals surface area contributed by atoms with Crippen LogP contribution in [0.25, 0.3) is 0 Å². The zero-order valence-electron chi connectivity index (χ0n) is 17.6. The molecule has 10 heteroatoms. The van der Waals surface area contributed by atoms with Crippen molar-refractivity contribution in [1.29, 1.82) is 0 Å². The molecule has 0 aliphatic carbocycles. The minimum Gasteiger partial charge on any atom is -0.611 e. The Labute approximate surface area is 181 Å². The first-order chi connectivity index (χ1) is 14.5. The molecular formula is C20H31N7O2S. The summed E-state index contributed by atoms with van der Waals surface area (Å²) in [5.74, 6) is 2.77. The Balaban J connectivity index is 1.81. The van der Waals surface area contributed by atoms with Crippen LogP contribution in [0.5, 0.6) is 0 Å². The van der Waals surface area contributed by atoms with E-state index < -0.39 is 11.2 Å². The third-order valence-electron chi connectivity index (χ3n) is 5.35. The quantitative estimate of drug-likeness (QED) is 0.326. The fourth-order valence-corrected chi connectivity index (χ4v) is 4.88. The van der Waals surface area contributed by atoms with Crippen LogP contribution in [0.2, 0.25) is 0 Å². The van der Waals surface area contributed by atoms with E-state index in [4.69, 9.17) is 15.7 Å². The Morgan fingerprint density at radius 2 is 2.10 bits per heavy atom. The number of aliphatic imine (C=N–C) groups is 1. The van der Waals surface area contributed by atoms with E-state index in [2.05, 4.69) is 26.7 Å². The molecule has 164 valence electrons. The molecule has 0 radical (unpaired) electrons. The van der Waals surface area contributed by atoms with E-state index in [0.29, 0.717) is 28.8 Å². The van der Waals surface area contributed by atoms with Crippen LogP contribution in [0.3, 0.4) is 0 Å². The zero-order valence-corrected chi connectivity index (χ0v) is 18.4. The number of aromatic nitrogens is 2. The molecule has 0 amide bonds. The lowest BCUT2D eigenvalue weighted by atomic mass is 10.1. The molecule has 9 nitrogen and oxygen atoms in total. The summed E-state index contributed by atoms with van der Waals surface area (Å²) in [4.78, 5) is 18.7. The van der Waals surface area contributed by atoms with E-state index in [1.165, 1.54) is 12.4 Å². The van der Waals surface area contributed by atoms with Crippen molar-refractivity contribution in [1.82, 2.24) is 14.9 Å². The van der Waals surface area contributed by atoms with Crippen LogP contribution < -0.4 is 16.0 Å². The van der Waals surface area contributed by atoms with Crippen molar-refractivity contribution in [2.24, 2.45) is 16.6 Å². The van der Waals surface area contributed by atoms with E-state index in [1.54, 1.807) is 6.08 Å². The molecule has 0 bridgehead atoms. The minimum absolute atomic E-state index is 0.0167. The number of hydrogen-bond acceptors (Lipinski definition) is 8. The minimum atomic E-state index is -1.11. The fourth-order valence-electron chi connectivity index (χ4n) is 3.57. The molecule has 1 aromatic heterocycles. The number of rotatable bonds is 7. The van der Waals surface area contributed by atoms with Gasteiger partial charge in [-0.2, -0.15) is 4.98 Å². The van der Waals surface area contributed by atoms with Gasteiger partial charge in [-0.1, -0.05) is 20.4 Å². The number of aliphatic hydroxyl groups is 1. The fraction of sp³-hybridized carbons (Fsp3) is 0.550. The molecule has 0 aromatic carbocycles. The largest absolute Gasteiger partial charge is 0.611 e. The van der Waals surface area contributed by atoms with Gasteiger partial charge in [0.25, 0.3) is 0 Å². The molecule has 3 rings (SSSR count). The topological polar surface area (TPSA) is 126 Å². The second kappa shape index (κ2) is 10.1. The van der Waals surface area contributed by atoms with Crippen molar-refractivity contribution >= 4 is 28.8 Å². The molecule has 2 unspecified atom stereocenters. The first-order valence-electron chi connectivity index (χ1n) is 10.2. The van der Waals surface area contributed by atoms with Crippen LogP contribution in [-0.2, 0) is 17.6 Å². The Morgan fingerprint density at radius 1 is 1.37 bits per heavy atom. The normalized spacial score (nSPS) is 20.7. The number of aryl methyl sites for hydroxylation is 1. The summed E-state index contributed by atoms with van der Waals surface area (Å²) in [5.41, 5.74) is 6.37. The van der Waals surface area contributed by atoms with Crippen molar-refractivity contribution in [2.75, 3.05) is 48.8 Å². The van der Waals surface area contributed by atoms with Crippen LogP contribution in [-0.4, -0.2) is 74.9 Å². The lowest BCUT2D eigenvalue weighted by Gasteiger charge is -2.36. The molecule has 30 heavy (non-hydrogen) atoms. The molecule has 1 aromatic rings. The predicted octanol–water partition coefficient (Wildman–Crippen LogP) is 0.705. The predicted molar refractivity (Wildman–Crippen MR) is 121 cm³/mol. The highest BCUT2D eigenvalue weighted by Gasteiger charge is 2.34. The SMILES string of the molecule is C=C/N=C(\C=C/N)N1CCN(c2nc3c(c(NC(CO)C(C)C)n2)[S+]([O-])CC3)CC1. The van der Waals surface area contributed by atoms with Gasteiger partial charge in [-0.25, -0.2) is 9.98 Å². The third kappa shape index (κ3) is 4.88. The van der Waals surface area contributed by atoms with Crippen molar-refractivity contribution < 1.29 is 9.66 Å². The Bertz CT molecular complexity index is 807. The molecule has 2 aliphatic heterocycles. The highest BCUT2D eigenvalue weighted by atomic mass is 32.2. The van der Waals surface area contributed by atoms with Crippen molar-refractivity contribution in [3.05, 3.63) is 30.7 Å². The lowest BCUT2D eigenvalue weighted by molar-refractivity contribution is 0.248. The smallest absolute Gasteiger partial charge is 0.228 e. The van der Waals surface area contributed by atoms with Crippen LogP contribution in [0.1, 0.15) is 19.5 Å². The average Bonchev–Trinajstić information content (AvgIpc) is 3.12. The van der Waals surface area contributed by atoms with Crippen molar-refractivity contribution in [2.45, 2.75) is 31.2 Å². The number of nitrogens with zero attached hydrogens (tertiary/aromatic N) is 5. The zero-order chi connectivity index (χ0) is 21.7. The van der Waals surface area contributed by atoms with Crippen LogP contribution in [0, 0.1) is 5.92 Å². The Kier molecular flexibility index (Phi) is 7.57. The second-order valence-electron chi connectivity index (χ2n) is 7.63. The highest BCUT2D eigenvalue weighted by Crippen LogP contribution is 2.33. The third-order valence-corrected chi connectivity index (χ3v) is 6.81. The van der Waals surface area contributed by atoms with Gasteiger partial charge in [0.15, 0.2) is 5.82 Å². The number of hydrogen-bond donors (Lipinski definition) is 3. The molecule has 2 atom stereocenters. The maximum atomic E-state index is 12.5. The van der Waals surface area contributed by atoms with Gasteiger partial charge in [-0.15, -0.1) is 0 Å². The molecular weight excluding hydrogens is 402 g/mol. The molecule has 0 spiro atoms. The van der Waals surface area contributed by atoms with Gasteiger partial charge in [0.1, 0.15) is 17.3 Å². The maximum absolute atomic E-state index is 12.5. The standard InChI is InChI=1S/C20H31N7O2S/c1-4-22-17(5-7-21)26-8-10-27(11-9-26)20-24-15-6-12-30(29)18(15)19(25-20)23-16(13-28)14(2)3/h4-5,7,14,16,28H,1,6,8-13,21H2,2-3H3,(H,23,24,25)/b7-5-,22-17+. The summed E-state index contributed by atoms with van der Waals surface area (Å²) in [6.45, 7) is 10.7. The van der Waals surface area contributed by atoms with Gasteiger partial charge in [0.05, 0.1) is 12.6 Å². The Hall–Kier alpha value is -2.30. The van der Waals surface area contributed by atoms with Gasteiger partial charge < -0.3 is 30.5 Å². The number of anilines is 2. The summed E-state index contributed by atoms with van der Waals surface area (Å²) in [6.07, 6.45) is 5.43. The summed E-state index contributed by atoms with van der Waals surface area (Å²) in [5, 5.41) is 13.0. The van der Waals surface area contributed by atoms with E-state index in [1.807, 2.05) is 13.8 Å². The molecule has 2 aliphatic rings. The van der Waals surface area contributed by atoms with Crippen LogP contribution in [0.15, 0.2) is 34.9 Å². The summed E-state index contributed by atoms with van der Waals surface area (Å²) < 4.78 is 12.5. The van der Waals surface area contributed by atoms with E-state index in [9.17, 15) is 9.66 Å². The molecule has 0 saturated carbocycles. The maximum Gasteiger partial charge on any atom is 0.228 e. The summed E-state index contributed by atoms with van der Waals surface area (Å²) in [6, 6.07) is -0.160. The number of fused-ring (bicyclic) bond motifs is 1. The van der Waals surface area contributed by atoms with E-state index in [-0.39, 0.29) is 18.6 Å². The van der Waals surface area contributed by atoms with Gasteiger partial charge in [0.2, 0.25) is 10.8 Å². The monoisotopic (exact) mass is 433 g/mol. The Morgan fingerprint density at radius 3 is 2.70 bits per heavy atom. The van der Waals surface area contributed by atoms with Gasteiger partial charge in [-0.3, -0.25) is 0 Å². The second-order valence-corrected chi connectivity index (χ2v) is 9.14. The summed E-state index contributed by atoms with van der Waals surface area (Å²) >= 11 is -1.11. The number of piperazine rings is 1. The lowest BCUT2D eigenvalue weighted by Crippen LogP contribution is -2.49. The van der Waals surface area contributed by atoms with Gasteiger partial charge in [0, 0.05) is 38.8 Å². The first kappa shape index (κ1) is 22.4. The highest BCUT2D eigenvalue weighted by molar-refractivity contribution is 7.91. The average molecular weight is 434 g/mol. The van der Waals surface area contributed by atoms with Gasteiger partial charge in [-0.05, 0) is 29.4 Å². The number of amidine groups is 1. The van der Waals surface area contributed by atoms with E-state index in [0.717, 1.165) is 37.7 Å². The number of nitrogens with one attached hydrogen (secondary N) is 1. The molecule has 1 saturated heterocycles. The molecule has 4 N–H and O–H groups in total. The molecule has 3 heterocycles. The first-order valence-corrected chi connectivity index (χ1v) is 11.5. The van der Waals surface area contributed by atoms with Crippen LogP contribution in [0.4, 0.5) is 11.8 Å². The molecule has 1 fully saturated rings. The summed E-state index contributed by atoms with van der Waals surface area (Å²) in [7, 11) is 0. The van der Waals surface area contributed by atoms with Crippen LogP contribution >= 0.6 is 0 Å². The van der Waals surface area contributed by atoms with E-state index >= 15 is 0 Å². The van der Waals surface area contributed by atoms with Crippen molar-refractivity contribution in [3.63, 3.8) is 0 Å².